The van der Waals surface area contributed by atoms with Crippen LogP contribution in [0, 0.1) is 6.92 Å². The highest BCUT2D eigenvalue weighted by Gasteiger charge is 2.06. The van der Waals surface area contributed by atoms with Gasteiger partial charge in [-0.3, -0.25) is 0 Å². The monoisotopic (exact) mass is 262 g/mol. The van der Waals surface area contributed by atoms with Crippen molar-refractivity contribution in [2.45, 2.75) is 77.7 Å². The molecule has 1 aromatic rings. The van der Waals surface area contributed by atoms with Crippen molar-refractivity contribution in [2.24, 2.45) is 0 Å². The molecule has 1 aromatic carbocycles. The number of aliphatic hydroxyl groups excluding tert-OH is 1. The molecule has 0 heterocycles. The van der Waals surface area contributed by atoms with E-state index in [-0.39, 0.29) is 6.10 Å². The molecule has 0 aliphatic carbocycles. The largest absolute Gasteiger partial charge is 0.388 e. The first-order valence-corrected chi connectivity index (χ1v) is 7.98. The first-order chi connectivity index (χ1) is 9.24. The van der Waals surface area contributed by atoms with Crippen molar-refractivity contribution in [3.05, 3.63) is 35.4 Å². The Kier molecular flexibility index (Phi) is 8.57. The number of aliphatic hydroxyl groups is 1. The molecule has 0 bridgehead atoms. The van der Waals surface area contributed by atoms with Crippen molar-refractivity contribution in [3.63, 3.8) is 0 Å². The van der Waals surface area contributed by atoms with Crippen LogP contribution >= 0.6 is 0 Å². The second-order valence-electron chi connectivity index (χ2n) is 5.69. The first-order valence-electron chi connectivity index (χ1n) is 7.98. The Morgan fingerprint density at radius 2 is 1.37 bits per heavy atom. The second kappa shape index (κ2) is 10.0. The molecule has 0 aliphatic heterocycles. The van der Waals surface area contributed by atoms with Crippen LogP contribution in [0.3, 0.4) is 0 Å². The van der Waals surface area contributed by atoms with Crippen LogP contribution in [-0.2, 0) is 0 Å². The minimum atomic E-state index is -0.277. The summed E-state index contributed by atoms with van der Waals surface area (Å²) in [5, 5.41) is 10.1. The van der Waals surface area contributed by atoms with E-state index in [1.165, 1.54) is 50.5 Å². The predicted octanol–water partition coefficient (Wildman–Crippen LogP) is 5.56. The summed E-state index contributed by atoms with van der Waals surface area (Å²) >= 11 is 0. The van der Waals surface area contributed by atoms with Crippen LogP contribution in [0.1, 0.15) is 81.9 Å². The highest BCUT2D eigenvalue weighted by molar-refractivity contribution is 5.22. The van der Waals surface area contributed by atoms with E-state index in [2.05, 4.69) is 26.0 Å². The van der Waals surface area contributed by atoms with Gasteiger partial charge in [0.15, 0.2) is 0 Å². The number of rotatable bonds is 10. The predicted molar refractivity (Wildman–Crippen MR) is 83.4 cm³/mol. The molecule has 0 aliphatic rings. The number of hydrogen-bond donors (Lipinski definition) is 1. The van der Waals surface area contributed by atoms with Gasteiger partial charge >= 0.3 is 0 Å². The van der Waals surface area contributed by atoms with E-state index >= 15 is 0 Å². The van der Waals surface area contributed by atoms with Crippen molar-refractivity contribution < 1.29 is 5.11 Å². The molecule has 1 nitrogen and oxygen atoms in total. The van der Waals surface area contributed by atoms with Gasteiger partial charge in [0.25, 0.3) is 0 Å². The molecule has 1 heteroatoms. The van der Waals surface area contributed by atoms with Crippen LogP contribution < -0.4 is 0 Å². The van der Waals surface area contributed by atoms with Crippen LogP contribution in [-0.4, -0.2) is 5.11 Å². The average Bonchev–Trinajstić information content (AvgIpc) is 2.42. The van der Waals surface area contributed by atoms with Gasteiger partial charge in [-0.15, -0.1) is 0 Å². The molecular formula is C18H30O. The van der Waals surface area contributed by atoms with Crippen molar-refractivity contribution in [2.75, 3.05) is 0 Å². The van der Waals surface area contributed by atoms with Gasteiger partial charge < -0.3 is 5.11 Å². The highest BCUT2D eigenvalue weighted by atomic mass is 16.3. The maximum Gasteiger partial charge on any atom is 0.0790 e. The second-order valence-corrected chi connectivity index (χ2v) is 5.69. The zero-order valence-electron chi connectivity index (χ0n) is 12.7. The SMILES string of the molecule is CCCCCCCCCCC(O)c1ccc(C)cc1. The van der Waals surface area contributed by atoms with Gasteiger partial charge in [0.05, 0.1) is 6.10 Å². The van der Waals surface area contributed by atoms with Crippen molar-refractivity contribution in [1.82, 2.24) is 0 Å². The summed E-state index contributed by atoms with van der Waals surface area (Å²) in [6.07, 6.45) is 11.2. The van der Waals surface area contributed by atoms with E-state index in [4.69, 9.17) is 0 Å². The normalized spacial score (nSPS) is 12.6. The molecule has 1 N–H and O–H groups in total. The first kappa shape index (κ1) is 16.2. The van der Waals surface area contributed by atoms with Gasteiger partial charge in [-0.25, -0.2) is 0 Å². The summed E-state index contributed by atoms with van der Waals surface area (Å²) in [7, 11) is 0. The summed E-state index contributed by atoms with van der Waals surface area (Å²) in [5.74, 6) is 0. The molecule has 1 rings (SSSR count). The fraction of sp³-hybridized carbons (Fsp3) is 0.667. The topological polar surface area (TPSA) is 20.2 Å². The van der Waals surface area contributed by atoms with Crippen molar-refractivity contribution >= 4 is 0 Å². The van der Waals surface area contributed by atoms with E-state index < -0.39 is 0 Å². The van der Waals surface area contributed by atoms with Crippen LogP contribution in [0.15, 0.2) is 24.3 Å². The quantitative estimate of drug-likeness (QED) is 0.547. The van der Waals surface area contributed by atoms with Gasteiger partial charge in [-0.2, -0.15) is 0 Å². The van der Waals surface area contributed by atoms with E-state index in [1.54, 1.807) is 0 Å². The number of benzene rings is 1. The molecule has 108 valence electrons. The number of aryl methyl sites for hydroxylation is 1. The van der Waals surface area contributed by atoms with Crippen molar-refractivity contribution in [1.29, 1.82) is 0 Å². The third kappa shape index (κ3) is 7.37. The van der Waals surface area contributed by atoms with Crippen LogP contribution in [0.2, 0.25) is 0 Å². The smallest absolute Gasteiger partial charge is 0.0790 e. The van der Waals surface area contributed by atoms with Gasteiger partial charge in [-0.1, -0.05) is 88.1 Å². The van der Waals surface area contributed by atoms with E-state index in [1.807, 2.05) is 12.1 Å². The van der Waals surface area contributed by atoms with Crippen molar-refractivity contribution in [3.8, 4) is 0 Å². The Balaban J connectivity index is 2.04. The summed E-state index contributed by atoms with van der Waals surface area (Å²) in [5.41, 5.74) is 2.32. The molecule has 0 amide bonds. The average molecular weight is 262 g/mol. The lowest BCUT2D eigenvalue weighted by Crippen LogP contribution is -1.97. The number of hydrogen-bond acceptors (Lipinski definition) is 1. The Labute approximate surface area is 119 Å². The molecular weight excluding hydrogens is 232 g/mol. The zero-order chi connectivity index (χ0) is 13.9. The fourth-order valence-electron chi connectivity index (χ4n) is 2.43. The molecule has 0 radical (unpaired) electrons. The standard InChI is InChI=1S/C18H30O/c1-3-4-5-6-7-8-9-10-11-18(19)17-14-12-16(2)13-15-17/h12-15,18-19H,3-11H2,1-2H3. The van der Waals surface area contributed by atoms with E-state index in [0.29, 0.717) is 0 Å². The Morgan fingerprint density at radius 1 is 0.842 bits per heavy atom. The Morgan fingerprint density at radius 3 is 1.95 bits per heavy atom. The van der Waals surface area contributed by atoms with Crippen LogP contribution in [0.4, 0.5) is 0 Å². The van der Waals surface area contributed by atoms with Gasteiger partial charge in [-0.05, 0) is 18.9 Å². The minimum absolute atomic E-state index is 0.277. The van der Waals surface area contributed by atoms with Crippen LogP contribution in [0.5, 0.6) is 0 Å². The lowest BCUT2D eigenvalue weighted by atomic mass is 10.0. The molecule has 19 heavy (non-hydrogen) atoms. The lowest BCUT2D eigenvalue weighted by Gasteiger charge is -2.11. The highest BCUT2D eigenvalue weighted by Crippen LogP contribution is 2.20. The Hall–Kier alpha value is -0.820. The summed E-state index contributed by atoms with van der Waals surface area (Å²) in [4.78, 5) is 0. The maximum atomic E-state index is 10.1. The van der Waals surface area contributed by atoms with Crippen LogP contribution in [0.25, 0.3) is 0 Å². The third-order valence-corrected chi connectivity index (χ3v) is 3.79. The molecule has 1 unspecified atom stereocenters. The maximum absolute atomic E-state index is 10.1. The van der Waals surface area contributed by atoms with E-state index in [0.717, 1.165) is 18.4 Å². The summed E-state index contributed by atoms with van der Waals surface area (Å²) < 4.78 is 0. The molecule has 0 spiro atoms. The molecule has 0 saturated heterocycles. The van der Waals surface area contributed by atoms with E-state index in [9.17, 15) is 5.11 Å². The van der Waals surface area contributed by atoms with Gasteiger partial charge in [0.1, 0.15) is 0 Å². The molecule has 1 atom stereocenters. The molecule has 0 fully saturated rings. The minimum Gasteiger partial charge on any atom is -0.388 e. The Bertz CT molecular complexity index is 315. The van der Waals surface area contributed by atoms with Gasteiger partial charge in [0.2, 0.25) is 0 Å². The molecule has 0 aromatic heterocycles. The summed E-state index contributed by atoms with van der Waals surface area (Å²) in [6, 6.07) is 8.24. The molecule has 0 saturated carbocycles. The van der Waals surface area contributed by atoms with Gasteiger partial charge in [0, 0.05) is 0 Å². The summed E-state index contributed by atoms with van der Waals surface area (Å²) in [6.45, 7) is 4.33. The fourth-order valence-corrected chi connectivity index (χ4v) is 2.43. The lowest BCUT2D eigenvalue weighted by molar-refractivity contribution is 0.163. The number of unbranched alkanes of at least 4 members (excludes halogenated alkanes) is 7. The zero-order valence-corrected chi connectivity index (χ0v) is 12.7. The third-order valence-electron chi connectivity index (χ3n) is 3.79.